The fourth-order valence-electron chi connectivity index (χ4n) is 3.14. The highest BCUT2D eigenvalue weighted by Gasteiger charge is 2.26. The van der Waals surface area contributed by atoms with Crippen molar-refractivity contribution < 1.29 is 0 Å². The summed E-state index contributed by atoms with van der Waals surface area (Å²) in [7, 11) is 2.18. The Bertz CT molecular complexity index is 674. The molecular weight excluding hydrogens is 284 g/mol. The highest BCUT2D eigenvalue weighted by atomic mass is 32.2. The van der Waals surface area contributed by atoms with Crippen molar-refractivity contribution in [2.45, 2.75) is 24.7 Å². The van der Waals surface area contributed by atoms with Crippen LogP contribution in [-0.2, 0) is 6.42 Å². The van der Waals surface area contributed by atoms with E-state index in [-0.39, 0.29) is 0 Å². The first-order valence-electron chi connectivity index (χ1n) is 7.55. The van der Waals surface area contributed by atoms with Crippen molar-refractivity contribution in [2.24, 2.45) is 0 Å². The van der Waals surface area contributed by atoms with Gasteiger partial charge in [-0.05, 0) is 32.6 Å². The van der Waals surface area contributed by atoms with Gasteiger partial charge in [-0.25, -0.2) is 0 Å². The van der Waals surface area contributed by atoms with Crippen LogP contribution in [0, 0.1) is 6.92 Å². The van der Waals surface area contributed by atoms with Crippen LogP contribution in [0.3, 0.4) is 0 Å². The van der Waals surface area contributed by atoms with E-state index in [1.165, 1.54) is 22.8 Å². The lowest BCUT2D eigenvalue weighted by molar-refractivity contribution is 0.311. The van der Waals surface area contributed by atoms with E-state index in [4.69, 9.17) is 4.98 Å². The average Bonchev–Trinajstić information content (AvgIpc) is 2.89. The molecule has 4 rings (SSSR count). The molecule has 0 amide bonds. The number of hydrogen-bond donors (Lipinski definition) is 0. The Balaban J connectivity index is 1.85. The quantitative estimate of drug-likeness (QED) is 0.790. The first kappa shape index (κ1) is 13.3. The minimum absolute atomic E-state index is 0.752. The zero-order chi connectivity index (χ0) is 14.4. The van der Waals surface area contributed by atoms with Crippen LogP contribution in [-0.4, -0.2) is 63.5 Å². The number of likely N-dealkylation sites (N-methyl/N-ethyl adjacent to an activating group) is 1. The largest absolute Gasteiger partial charge is 0.353 e. The molecular formula is C14H20N6S. The normalized spacial score (nSPS) is 20.0. The Morgan fingerprint density at radius 1 is 1.10 bits per heavy atom. The number of aromatic nitrogens is 4. The van der Waals surface area contributed by atoms with Gasteiger partial charge < -0.3 is 9.80 Å². The van der Waals surface area contributed by atoms with Crippen molar-refractivity contribution in [3.05, 3.63) is 11.5 Å². The van der Waals surface area contributed by atoms with Gasteiger partial charge in [0.1, 0.15) is 11.6 Å². The predicted octanol–water partition coefficient (Wildman–Crippen LogP) is 1.22. The van der Waals surface area contributed by atoms with Crippen LogP contribution in [0.4, 0.5) is 5.82 Å². The van der Waals surface area contributed by atoms with Crippen molar-refractivity contribution in [3.8, 4) is 0 Å². The van der Waals surface area contributed by atoms with Gasteiger partial charge in [-0.15, -0.1) is 22.0 Å². The molecule has 7 heteroatoms. The summed E-state index contributed by atoms with van der Waals surface area (Å²) >= 11 is 1.94. The smallest absolute Gasteiger partial charge is 0.257 e. The number of hydrogen-bond acceptors (Lipinski definition) is 6. The second-order valence-electron chi connectivity index (χ2n) is 5.84. The molecule has 4 heterocycles. The van der Waals surface area contributed by atoms with Gasteiger partial charge in [0.15, 0.2) is 0 Å². The van der Waals surface area contributed by atoms with E-state index in [1.807, 2.05) is 18.7 Å². The molecule has 21 heavy (non-hydrogen) atoms. The van der Waals surface area contributed by atoms with Crippen molar-refractivity contribution in [1.29, 1.82) is 0 Å². The number of anilines is 1. The summed E-state index contributed by atoms with van der Waals surface area (Å²) in [6, 6.07) is 0. The number of piperazine rings is 1. The third kappa shape index (κ3) is 2.19. The van der Waals surface area contributed by atoms with E-state index in [1.54, 1.807) is 0 Å². The van der Waals surface area contributed by atoms with Crippen LogP contribution in [0.1, 0.15) is 17.9 Å². The van der Waals surface area contributed by atoms with Gasteiger partial charge in [-0.1, -0.05) is 0 Å². The Hall–Kier alpha value is -1.34. The van der Waals surface area contributed by atoms with E-state index in [2.05, 4.69) is 31.4 Å². The van der Waals surface area contributed by atoms with E-state index in [0.29, 0.717) is 0 Å². The first-order valence-corrected chi connectivity index (χ1v) is 8.53. The van der Waals surface area contributed by atoms with E-state index < -0.39 is 0 Å². The molecule has 0 aromatic carbocycles. The van der Waals surface area contributed by atoms with Gasteiger partial charge in [-0.2, -0.15) is 4.98 Å². The van der Waals surface area contributed by atoms with Crippen molar-refractivity contribution in [3.63, 3.8) is 0 Å². The van der Waals surface area contributed by atoms with Gasteiger partial charge in [-0.3, -0.25) is 4.40 Å². The highest BCUT2D eigenvalue weighted by molar-refractivity contribution is 7.99. The highest BCUT2D eigenvalue weighted by Crippen LogP contribution is 2.37. The molecule has 1 fully saturated rings. The third-order valence-electron chi connectivity index (χ3n) is 4.36. The number of thioether (sulfide) groups is 1. The molecule has 2 aliphatic heterocycles. The maximum absolute atomic E-state index is 4.83. The molecule has 0 atom stereocenters. The minimum Gasteiger partial charge on any atom is -0.353 e. The lowest BCUT2D eigenvalue weighted by Crippen LogP contribution is -2.45. The Kier molecular flexibility index (Phi) is 3.26. The molecule has 1 saturated heterocycles. The van der Waals surface area contributed by atoms with E-state index >= 15 is 0 Å². The topological polar surface area (TPSA) is 49.6 Å². The summed E-state index contributed by atoms with van der Waals surface area (Å²) in [4.78, 5) is 11.0. The maximum atomic E-state index is 4.83. The van der Waals surface area contributed by atoms with Crippen molar-refractivity contribution in [1.82, 2.24) is 24.5 Å². The van der Waals surface area contributed by atoms with Crippen LogP contribution in [0.15, 0.2) is 4.90 Å². The molecule has 2 aliphatic rings. The second-order valence-corrected chi connectivity index (χ2v) is 6.94. The Morgan fingerprint density at radius 2 is 1.90 bits per heavy atom. The predicted molar refractivity (Wildman–Crippen MR) is 84.3 cm³/mol. The number of fused-ring (bicyclic) bond motifs is 3. The van der Waals surface area contributed by atoms with Crippen molar-refractivity contribution in [2.75, 3.05) is 43.9 Å². The van der Waals surface area contributed by atoms with Gasteiger partial charge in [0.2, 0.25) is 0 Å². The summed E-state index contributed by atoms with van der Waals surface area (Å²) in [5, 5.41) is 8.47. The second kappa shape index (κ2) is 5.14. The molecule has 0 radical (unpaired) electrons. The van der Waals surface area contributed by atoms with Gasteiger partial charge in [0.25, 0.3) is 5.78 Å². The van der Waals surface area contributed by atoms with Crippen LogP contribution < -0.4 is 4.90 Å². The van der Waals surface area contributed by atoms with Gasteiger partial charge >= 0.3 is 0 Å². The van der Waals surface area contributed by atoms with Crippen LogP contribution in [0.2, 0.25) is 0 Å². The number of aryl methyl sites for hydroxylation is 2. The molecule has 2 aromatic heterocycles. The molecule has 0 bridgehead atoms. The number of nitrogens with zero attached hydrogens (tertiary/aromatic N) is 6. The summed E-state index contributed by atoms with van der Waals surface area (Å²) in [5.74, 6) is 4.01. The van der Waals surface area contributed by atoms with Gasteiger partial charge in [0.05, 0.1) is 4.90 Å². The first-order chi connectivity index (χ1) is 10.2. The van der Waals surface area contributed by atoms with Crippen molar-refractivity contribution >= 4 is 23.4 Å². The molecule has 0 spiro atoms. The lowest BCUT2D eigenvalue weighted by Gasteiger charge is -2.35. The monoisotopic (exact) mass is 304 g/mol. The fourth-order valence-corrected chi connectivity index (χ4v) is 4.29. The van der Waals surface area contributed by atoms with E-state index in [9.17, 15) is 0 Å². The van der Waals surface area contributed by atoms with Gasteiger partial charge in [0, 0.05) is 31.9 Å². The molecule has 112 valence electrons. The summed E-state index contributed by atoms with van der Waals surface area (Å²) in [6.07, 6.45) is 2.32. The molecule has 0 unspecified atom stereocenters. The molecule has 0 aliphatic carbocycles. The molecule has 6 nitrogen and oxygen atoms in total. The summed E-state index contributed by atoms with van der Waals surface area (Å²) < 4.78 is 2.14. The molecule has 2 aromatic rings. The lowest BCUT2D eigenvalue weighted by atomic mass is 10.2. The SMILES string of the molecule is Cc1nnc2nc(N3CCN(C)CC3)c3c(n12)CCCS3. The summed E-state index contributed by atoms with van der Waals surface area (Å²) in [5.41, 5.74) is 1.35. The third-order valence-corrected chi connectivity index (χ3v) is 5.56. The fraction of sp³-hybridized carbons (Fsp3) is 0.643. The zero-order valence-corrected chi connectivity index (χ0v) is 13.4. The molecule has 0 saturated carbocycles. The van der Waals surface area contributed by atoms with Crippen LogP contribution >= 0.6 is 11.8 Å². The maximum Gasteiger partial charge on any atom is 0.257 e. The molecule has 0 N–H and O–H groups in total. The Labute approximate surface area is 128 Å². The average molecular weight is 304 g/mol. The summed E-state index contributed by atoms with van der Waals surface area (Å²) in [6.45, 7) is 6.28. The van der Waals surface area contributed by atoms with Crippen LogP contribution in [0.5, 0.6) is 0 Å². The minimum atomic E-state index is 0.752. The number of rotatable bonds is 1. The van der Waals surface area contributed by atoms with Crippen LogP contribution in [0.25, 0.3) is 5.78 Å². The zero-order valence-electron chi connectivity index (χ0n) is 12.5. The standard InChI is InChI=1S/C14H20N6S/c1-10-16-17-14-15-13(19-7-5-18(2)6-8-19)12-11(20(10)14)4-3-9-21-12/h3-9H2,1-2H3. The Morgan fingerprint density at radius 3 is 2.71 bits per heavy atom. The van der Waals surface area contributed by atoms with E-state index in [0.717, 1.165) is 50.0 Å².